The van der Waals surface area contributed by atoms with Crippen molar-refractivity contribution in [2.75, 3.05) is 31.7 Å². The molecule has 0 fully saturated rings. The van der Waals surface area contributed by atoms with E-state index in [0.29, 0.717) is 78.0 Å². The van der Waals surface area contributed by atoms with Gasteiger partial charge in [-0.1, -0.05) is 11.6 Å². The molecule has 13 heteroatoms. The molecule has 2 N–H and O–H groups in total. The van der Waals surface area contributed by atoms with Gasteiger partial charge in [-0.25, -0.2) is 4.39 Å². The van der Waals surface area contributed by atoms with Crippen LogP contribution in [0.2, 0.25) is 5.02 Å². The first-order chi connectivity index (χ1) is 23.4. The van der Waals surface area contributed by atoms with Crippen LogP contribution in [0, 0.1) is 11.2 Å². The fourth-order valence-corrected chi connectivity index (χ4v) is 5.33. The van der Waals surface area contributed by atoms with Gasteiger partial charge in [-0.05, 0) is 74.5 Å². The summed E-state index contributed by atoms with van der Waals surface area (Å²) in [4.78, 5) is 31.5. The number of carbonyl (C=O) groups is 1. The van der Waals surface area contributed by atoms with Gasteiger partial charge in [0, 0.05) is 30.2 Å². The number of amides is 1. The molecule has 246 valence electrons. The molecule has 2 aromatic heterocycles. The van der Waals surface area contributed by atoms with E-state index >= 15 is 0 Å². The summed E-state index contributed by atoms with van der Waals surface area (Å²) < 4.78 is 44.4. The van der Waals surface area contributed by atoms with Crippen LogP contribution in [0.5, 0.6) is 34.5 Å². The van der Waals surface area contributed by atoms with Crippen LogP contribution >= 0.6 is 11.6 Å². The second-order valence-electron chi connectivity index (χ2n) is 10.5. The highest BCUT2D eigenvalue weighted by Gasteiger charge is 2.25. The normalized spacial score (nSPS) is 12.0. The third-order valence-corrected chi connectivity index (χ3v) is 7.61. The second-order valence-corrected chi connectivity index (χ2v) is 10.9. The van der Waals surface area contributed by atoms with Crippen LogP contribution in [0.15, 0.2) is 77.9 Å². The van der Waals surface area contributed by atoms with E-state index < -0.39 is 17.3 Å². The van der Waals surface area contributed by atoms with Gasteiger partial charge < -0.3 is 34.4 Å². The highest BCUT2D eigenvalue weighted by Crippen LogP contribution is 2.48. The quantitative estimate of drug-likeness (QED) is 0.105. The van der Waals surface area contributed by atoms with E-state index in [1.807, 2.05) is 0 Å². The molecule has 5 aromatic rings. The van der Waals surface area contributed by atoms with Gasteiger partial charge in [0.15, 0.2) is 11.5 Å². The van der Waals surface area contributed by atoms with Crippen molar-refractivity contribution in [1.82, 2.24) is 9.55 Å². The molecule has 0 radical (unpaired) electrons. The Hall–Kier alpha value is -5.62. The number of pyridine rings is 2. The Kier molecular flexibility index (Phi) is 9.72. The van der Waals surface area contributed by atoms with E-state index in [4.69, 9.17) is 40.7 Å². The molecule has 0 spiro atoms. The van der Waals surface area contributed by atoms with Crippen LogP contribution in [0.3, 0.4) is 0 Å². The molecule has 0 saturated carbocycles. The number of benzene rings is 3. The van der Waals surface area contributed by atoms with E-state index in [9.17, 15) is 14.0 Å². The average Bonchev–Trinajstić information content (AvgIpc) is 3.08. The van der Waals surface area contributed by atoms with Crippen molar-refractivity contribution < 1.29 is 32.9 Å². The highest BCUT2D eigenvalue weighted by atomic mass is 35.5. The summed E-state index contributed by atoms with van der Waals surface area (Å²) in [6, 6.07) is 15.0. The molecular formula is C35H30ClFN4O7. The van der Waals surface area contributed by atoms with Crippen LogP contribution < -0.4 is 34.6 Å². The zero-order chi connectivity index (χ0) is 33.6. The van der Waals surface area contributed by atoms with Crippen molar-refractivity contribution in [3.8, 4) is 40.2 Å². The molecule has 3 aromatic carbocycles. The number of aromatic nitrogens is 2. The van der Waals surface area contributed by atoms with Gasteiger partial charge >= 0.3 is 0 Å². The van der Waals surface area contributed by atoms with Gasteiger partial charge in [0.2, 0.25) is 5.75 Å². The van der Waals surface area contributed by atoms with E-state index in [2.05, 4.69) is 10.3 Å². The Labute approximate surface area is 279 Å². The minimum Gasteiger partial charge on any atom is -0.493 e. The number of ether oxygens (including phenoxy) is 5. The van der Waals surface area contributed by atoms with E-state index in [-0.39, 0.29) is 28.6 Å². The topological polar surface area (TPSA) is 134 Å². The smallest absolute Gasteiger partial charge is 0.271 e. The molecular weight excluding hydrogens is 643 g/mol. The van der Waals surface area contributed by atoms with Crippen LogP contribution in [0.1, 0.15) is 30.1 Å². The fourth-order valence-electron chi connectivity index (χ4n) is 5.12. The van der Waals surface area contributed by atoms with E-state index in [0.717, 1.165) is 0 Å². The number of fused-ring (bicyclic) bond motifs is 3. The number of anilines is 1. The summed E-state index contributed by atoms with van der Waals surface area (Å²) in [5, 5.41) is 10.6. The maximum absolute atomic E-state index is 13.5. The third-order valence-electron chi connectivity index (χ3n) is 7.30. The number of carbonyl (C=O) groups excluding carboxylic acids is 1. The first kappa shape index (κ1) is 32.3. The predicted octanol–water partition coefficient (Wildman–Crippen LogP) is 7.20. The van der Waals surface area contributed by atoms with Gasteiger partial charge in [-0.2, -0.15) is 0 Å². The van der Waals surface area contributed by atoms with Crippen LogP contribution in [-0.4, -0.2) is 48.1 Å². The van der Waals surface area contributed by atoms with Crippen LogP contribution in [0.25, 0.3) is 16.6 Å². The summed E-state index contributed by atoms with van der Waals surface area (Å²) in [7, 11) is 0. The monoisotopic (exact) mass is 672 g/mol. The molecule has 48 heavy (non-hydrogen) atoms. The van der Waals surface area contributed by atoms with Gasteiger partial charge in [-0.3, -0.25) is 19.1 Å². The number of hydrogen-bond acceptors (Lipinski definition) is 9. The lowest BCUT2D eigenvalue weighted by molar-refractivity contribution is 0.102. The summed E-state index contributed by atoms with van der Waals surface area (Å²) in [5.41, 5.74) is 0.274. The average molecular weight is 673 g/mol. The Bertz CT molecular complexity index is 2050. The van der Waals surface area contributed by atoms with Crippen molar-refractivity contribution >= 4 is 40.3 Å². The molecule has 1 aliphatic rings. The predicted molar refractivity (Wildman–Crippen MR) is 179 cm³/mol. The molecule has 0 aliphatic carbocycles. The van der Waals surface area contributed by atoms with Crippen LogP contribution in [-0.2, 0) is 0 Å². The molecule has 0 unspecified atom stereocenters. The van der Waals surface area contributed by atoms with Crippen molar-refractivity contribution in [3.63, 3.8) is 0 Å². The van der Waals surface area contributed by atoms with Gasteiger partial charge in [0.05, 0.1) is 34.8 Å². The Balaban J connectivity index is 1.27. The first-order valence-corrected chi connectivity index (χ1v) is 15.5. The van der Waals surface area contributed by atoms with Gasteiger partial charge in [0.25, 0.3) is 11.5 Å². The summed E-state index contributed by atoms with van der Waals surface area (Å²) in [6.07, 6.45) is 5.68. The summed E-state index contributed by atoms with van der Waals surface area (Å²) >= 11 is 6.60. The minimum absolute atomic E-state index is 0.0912. The summed E-state index contributed by atoms with van der Waals surface area (Å²) in [5.74, 6) is 1.06. The molecule has 0 atom stereocenters. The van der Waals surface area contributed by atoms with Gasteiger partial charge in [-0.15, -0.1) is 0 Å². The van der Waals surface area contributed by atoms with Crippen molar-refractivity contribution in [2.45, 2.75) is 19.8 Å². The summed E-state index contributed by atoms with van der Waals surface area (Å²) in [6.45, 7) is 3.03. The minimum atomic E-state index is -0.741. The van der Waals surface area contributed by atoms with Crippen molar-refractivity contribution in [3.05, 3.63) is 99.8 Å². The maximum Gasteiger partial charge on any atom is 0.271 e. The Morgan fingerprint density at radius 3 is 2.58 bits per heavy atom. The second kappa shape index (κ2) is 14.4. The number of unbranched alkanes of at least 4 members (excludes halogenated alkanes) is 1. The lowest BCUT2D eigenvalue weighted by Gasteiger charge is -2.23. The number of rotatable bonds is 12. The highest BCUT2D eigenvalue weighted by molar-refractivity contribution is 6.34. The third kappa shape index (κ3) is 6.74. The van der Waals surface area contributed by atoms with Crippen molar-refractivity contribution in [1.29, 1.82) is 5.41 Å². The van der Waals surface area contributed by atoms with Crippen LogP contribution in [0.4, 0.5) is 10.1 Å². The lowest BCUT2D eigenvalue weighted by atomic mass is 10.1. The number of halogens is 2. The SMILES string of the molecule is CCOc1ccn(-c2ccc(F)cc2)c(=O)c1C(=O)Nc1ccc(Oc2ccnc3cc(OCCCC=N)c4c(c23)OCCO4)cc1Cl. The molecule has 11 nitrogen and oxygen atoms in total. The van der Waals surface area contributed by atoms with E-state index in [1.165, 1.54) is 53.4 Å². The zero-order valence-corrected chi connectivity index (χ0v) is 26.5. The molecule has 1 amide bonds. The lowest BCUT2D eigenvalue weighted by Crippen LogP contribution is -2.29. The van der Waals surface area contributed by atoms with E-state index in [1.54, 1.807) is 37.4 Å². The molecule has 0 saturated heterocycles. The molecule has 0 bridgehead atoms. The first-order valence-electron chi connectivity index (χ1n) is 15.1. The largest absolute Gasteiger partial charge is 0.493 e. The zero-order valence-electron chi connectivity index (χ0n) is 25.8. The molecule has 1 aliphatic heterocycles. The number of nitrogens with one attached hydrogen (secondary N) is 2. The van der Waals surface area contributed by atoms with Gasteiger partial charge in [0.1, 0.15) is 41.8 Å². The fraction of sp³-hybridized carbons (Fsp3) is 0.200. The standard InChI is InChI=1S/C35H30ClFN4O7/c1-2-44-27-12-15-41(22-7-5-21(37)6-8-22)35(43)31(27)34(42)40-25-10-9-23(19-24(25)36)48-28-11-14-39-26-20-29(45-16-4-3-13-38)32-33(30(26)28)47-18-17-46-32/h5-15,19-20,38H,2-4,16-18H2,1H3,(H,40,42). The van der Waals surface area contributed by atoms with Crippen molar-refractivity contribution in [2.24, 2.45) is 0 Å². The molecule has 6 rings (SSSR count). The Morgan fingerprint density at radius 1 is 1.04 bits per heavy atom. The molecule has 3 heterocycles. The number of hydrogen-bond donors (Lipinski definition) is 2. The number of nitrogens with zero attached hydrogens (tertiary/aromatic N) is 2. The maximum atomic E-state index is 13.5. The Morgan fingerprint density at radius 2 is 1.83 bits per heavy atom.